The zero-order valence-electron chi connectivity index (χ0n) is 15.3. The largest absolute Gasteiger partial charge is 0.320 e. The van der Waals surface area contributed by atoms with Gasteiger partial charge in [-0.25, -0.2) is 9.97 Å². The highest BCUT2D eigenvalue weighted by Crippen LogP contribution is 2.42. The lowest BCUT2D eigenvalue weighted by atomic mass is 9.94. The van der Waals surface area contributed by atoms with E-state index in [0.29, 0.717) is 17.7 Å². The molecule has 0 aliphatic carbocycles. The number of hydrogen-bond donors (Lipinski definition) is 2. The van der Waals surface area contributed by atoms with E-state index in [1.54, 1.807) is 18.5 Å². The van der Waals surface area contributed by atoms with E-state index in [0.717, 1.165) is 21.9 Å². The normalized spacial score (nSPS) is 19.6. The van der Waals surface area contributed by atoms with Gasteiger partial charge in [-0.05, 0) is 29.5 Å². The van der Waals surface area contributed by atoms with Gasteiger partial charge in [-0.15, -0.1) is 0 Å². The quantitative estimate of drug-likeness (QED) is 0.657. The Bertz CT molecular complexity index is 1180. The summed E-state index contributed by atoms with van der Waals surface area (Å²) >= 11 is 0. The lowest BCUT2D eigenvalue weighted by Crippen LogP contribution is -2.53. The van der Waals surface area contributed by atoms with Gasteiger partial charge < -0.3 is 5.73 Å². The number of aromatic nitrogens is 2. The van der Waals surface area contributed by atoms with Crippen molar-refractivity contribution in [2.24, 2.45) is 5.73 Å². The van der Waals surface area contributed by atoms with Crippen LogP contribution in [0.25, 0.3) is 10.8 Å². The van der Waals surface area contributed by atoms with Gasteiger partial charge >= 0.3 is 0 Å². The number of nitrogens with one attached hydrogen (secondary N) is 1. The molecule has 3 amide bonds. The molecule has 3 N–H and O–H groups in total. The number of amides is 3. The summed E-state index contributed by atoms with van der Waals surface area (Å²) in [5.41, 5.74) is 9.27. The van der Waals surface area contributed by atoms with Crippen LogP contribution in [0.3, 0.4) is 0 Å². The molecule has 2 aliphatic rings. The SMILES string of the molecule is NC(c1cncnc1)c1ccc2c3c(cccc13)C(=O)N2C1CCC(=O)NC1=O. The third kappa shape index (κ3) is 2.60. The minimum absolute atomic E-state index is 0.205. The maximum absolute atomic E-state index is 13.2. The zero-order chi connectivity index (χ0) is 20.1. The number of nitrogens with two attached hydrogens (primary N) is 1. The smallest absolute Gasteiger partial charge is 0.259 e. The number of carbonyl (C=O) groups excluding carboxylic acids is 3. The number of imide groups is 1. The minimum Gasteiger partial charge on any atom is -0.320 e. The summed E-state index contributed by atoms with van der Waals surface area (Å²) < 4.78 is 0. The number of hydrogen-bond acceptors (Lipinski definition) is 6. The Morgan fingerprint density at radius 3 is 2.66 bits per heavy atom. The average Bonchev–Trinajstić information content (AvgIpc) is 3.02. The summed E-state index contributed by atoms with van der Waals surface area (Å²) in [4.78, 5) is 46.7. The molecule has 1 fully saturated rings. The molecule has 2 aromatic carbocycles. The van der Waals surface area contributed by atoms with Crippen molar-refractivity contribution < 1.29 is 14.4 Å². The number of rotatable bonds is 3. The first-order valence-corrected chi connectivity index (χ1v) is 9.29. The molecule has 1 aromatic heterocycles. The first kappa shape index (κ1) is 17.4. The lowest BCUT2D eigenvalue weighted by Gasteiger charge is -2.30. The van der Waals surface area contributed by atoms with Gasteiger partial charge in [0.1, 0.15) is 12.4 Å². The number of nitrogens with zero attached hydrogens (tertiary/aromatic N) is 3. The number of benzene rings is 2. The van der Waals surface area contributed by atoms with E-state index in [4.69, 9.17) is 5.73 Å². The van der Waals surface area contributed by atoms with Gasteiger partial charge in [0.2, 0.25) is 11.8 Å². The summed E-state index contributed by atoms with van der Waals surface area (Å²) in [5, 5.41) is 3.95. The molecule has 2 unspecified atom stereocenters. The van der Waals surface area contributed by atoms with Gasteiger partial charge in [-0.2, -0.15) is 0 Å². The summed E-state index contributed by atoms with van der Waals surface area (Å²) in [6.45, 7) is 0. The molecule has 29 heavy (non-hydrogen) atoms. The lowest BCUT2D eigenvalue weighted by molar-refractivity contribution is -0.134. The van der Waals surface area contributed by atoms with E-state index in [1.807, 2.05) is 24.3 Å². The Kier molecular flexibility index (Phi) is 3.88. The van der Waals surface area contributed by atoms with E-state index in [1.165, 1.54) is 11.2 Å². The van der Waals surface area contributed by atoms with Crippen molar-refractivity contribution >= 4 is 34.2 Å². The third-order valence-electron chi connectivity index (χ3n) is 5.56. The topological polar surface area (TPSA) is 118 Å². The number of anilines is 1. The summed E-state index contributed by atoms with van der Waals surface area (Å²) in [7, 11) is 0. The summed E-state index contributed by atoms with van der Waals surface area (Å²) in [6, 6.07) is 8.00. The molecule has 0 saturated carbocycles. The highest BCUT2D eigenvalue weighted by molar-refractivity contribution is 6.27. The molecular formula is C21H17N5O3. The van der Waals surface area contributed by atoms with Gasteiger partial charge in [0.05, 0.1) is 11.7 Å². The monoisotopic (exact) mass is 387 g/mol. The molecule has 5 rings (SSSR count). The van der Waals surface area contributed by atoms with E-state index in [-0.39, 0.29) is 18.2 Å². The van der Waals surface area contributed by atoms with Crippen LogP contribution in [0.5, 0.6) is 0 Å². The Morgan fingerprint density at radius 1 is 1.10 bits per heavy atom. The summed E-state index contributed by atoms with van der Waals surface area (Å²) in [5.74, 6) is -1.00. The highest BCUT2D eigenvalue weighted by atomic mass is 16.2. The van der Waals surface area contributed by atoms with Crippen molar-refractivity contribution in [3.63, 3.8) is 0 Å². The van der Waals surface area contributed by atoms with Gasteiger partial charge in [-0.3, -0.25) is 24.6 Å². The van der Waals surface area contributed by atoms with Gasteiger partial charge in [0, 0.05) is 35.3 Å². The van der Waals surface area contributed by atoms with E-state index >= 15 is 0 Å². The van der Waals surface area contributed by atoms with Crippen LogP contribution in [0.2, 0.25) is 0 Å². The molecule has 2 aliphatic heterocycles. The molecule has 8 nitrogen and oxygen atoms in total. The molecular weight excluding hydrogens is 370 g/mol. The van der Waals surface area contributed by atoms with Crippen LogP contribution in [0.1, 0.15) is 40.4 Å². The number of carbonyl (C=O) groups is 3. The predicted octanol–water partition coefficient (Wildman–Crippen LogP) is 1.44. The maximum atomic E-state index is 13.2. The predicted molar refractivity (Wildman–Crippen MR) is 105 cm³/mol. The molecule has 0 spiro atoms. The fourth-order valence-corrected chi connectivity index (χ4v) is 4.19. The zero-order valence-corrected chi connectivity index (χ0v) is 15.3. The molecule has 2 atom stereocenters. The maximum Gasteiger partial charge on any atom is 0.259 e. The molecule has 3 aromatic rings. The van der Waals surface area contributed by atoms with Crippen LogP contribution in [-0.4, -0.2) is 33.7 Å². The van der Waals surface area contributed by atoms with Crippen molar-refractivity contribution in [2.45, 2.75) is 24.9 Å². The first-order valence-electron chi connectivity index (χ1n) is 9.29. The van der Waals surface area contributed by atoms with Crippen molar-refractivity contribution in [2.75, 3.05) is 4.90 Å². The fourth-order valence-electron chi connectivity index (χ4n) is 4.19. The van der Waals surface area contributed by atoms with Crippen LogP contribution in [0, 0.1) is 0 Å². The van der Waals surface area contributed by atoms with E-state index in [2.05, 4.69) is 15.3 Å². The van der Waals surface area contributed by atoms with Crippen molar-refractivity contribution in [1.29, 1.82) is 0 Å². The molecule has 0 radical (unpaired) electrons. The van der Waals surface area contributed by atoms with Gasteiger partial charge in [0.15, 0.2) is 0 Å². The second-order valence-corrected chi connectivity index (χ2v) is 7.19. The molecule has 144 valence electrons. The van der Waals surface area contributed by atoms with E-state index in [9.17, 15) is 14.4 Å². The first-order chi connectivity index (χ1) is 14.1. The Labute approximate surface area is 165 Å². The summed E-state index contributed by atoms with van der Waals surface area (Å²) in [6.07, 6.45) is 5.29. The van der Waals surface area contributed by atoms with Gasteiger partial charge in [-0.1, -0.05) is 18.2 Å². The van der Waals surface area contributed by atoms with Crippen LogP contribution in [0.4, 0.5) is 5.69 Å². The van der Waals surface area contributed by atoms with Crippen LogP contribution >= 0.6 is 0 Å². The van der Waals surface area contributed by atoms with Crippen LogP contribution in [0.15, 0.2) is 49.1 Å². The average molecular weight is 387 g/mol. The van der Waals surface area contributed by atoms with Crippen molar-refractivity contribution in [3.05, 3.63) is 65.7 Å². The third-order valence-corrected chi connectivity index (χ3v) is 5.56. The Hall–Kier alpha value is -3.65. The second-order valence-electron chi connectivity index (χ2n) is 7.19. The number of piperidine rings is 1. The molecule has 0 bridgehead atoms. The van der Waals surface area contributed by atoms with Crippen molar-refractivity contribution in [3.8, 4) is 0 Å². The fraction of sp³-hybridized carbons (Fsp3) is 0.190. The van der Waals surface area contributed by atoms with Crippen LogP contribution < -0.4 is 16.0 Å². The molecule has 8 heteroatoms. The standard InChI is InChI=1S/C21H17N5O3/c22-19(11-8-23-10-24-9-11)13-4-5-15-18-12(13)2-1-3-14(18)21(29)26(15)16-6-7-17(27)25-20(16)28/h1-5,8-10,16,19H,6-7,22H2,(H,25,27,28). The molecule has 3 heterocycles. The Morgan fingerprint density at radius 2 is 1.90 bits per heavy atom. The van der Waals surface area contributed by atoms with Gasteiger partial charge in [0.25, 0.3) is 5.91 Å². The van der Waals surface area contributed by atoms with E-state index < -0.39 is 18.0 Å². The molecule has 1 saturated heterocycles. The van der Waals surface area contributed by atoms with Crippen molar-refractivity contribution in [1.82, 2.24) is 15.3 Å². The highest BCUT2D eigenvalue weighted by Gasteiger charge is 2.41. The minimum atomic E-state index is -0.710. The Balaban J connectivity index is 1.64. The second kappa shape index (κ2) is 6.46. The van der Waals surface area contributed by atoms with Crippen LogP contribution in [-0.2, 0) is 9.59 Å².